The molecule has 2 aliphatic heterocycles. The SMILES string of the molecule is CCOC(=O)c1cc(C2(NC(=O)C3=C4CN(C(=O)OC(C)(C)C)CCN4N(C)C3)CC2)ncn1. The second kappa shape index (κ2) is 8.86. The van der Waals surface area contributed by atoms with Crippen molar-refractivity contribution < 1.29 is 23.9 Å². The molecule has 0 radical (unpaired) electrons. The summed E-state index contributed by atoms with van der Waals surface area (Å²) in [5.41, 5.74) is 0.936. The van der Waals surface area contributed by atoms with Crippen molar-refractivity contribution in [3.63, 3.8) is 0 Å². The van der Waals surface area contributed by atoms with Gasteiger partial charge < -0.3 is 24.7 Å². The molecule has 1 aliphatic carbocycles. The summed E-state index contributed by atoms with van der Waals surface area (Å²) in [5, 5.41) is 7.16. The van der Waals surface area contributed by atoms with Gasteiger partial charge in [-0.05, 0) is 46.6 Å². The van der Waals surface area contributed by atoms with Crippen LogP contribution in [0.2, 0.25) is 0 Å². The number of fused-ring (bicyclic) bond motifs is 1. The Morgan fingerprint density at radius 3 is 2.53 bits per heavy atom. The third-order valence-electron chi connectivity index (χ3n) is 6.05. The maximum Gasteiger partial charge on any atom is 0.410 e. The Hall–Kier alpha value is -3.21. The number of likely N-dealkylation sites (N-methyl/N-ethyl adjacent to an activating group) is 1. The van der Waals surface area contributed by atoms with Crippen molar-refractivity contribution in [2.75, 3.05) is 39.8 Å². The highest BCUT2D eigenvalue weighted by Gasteiger charge is 2.49. The molecule has 0 atom stereocenters. The van der Waals surface area contributed by atoms with Gasteiger partial charge in [0.2, 0.25) is 0 Å². The van der Waals surface area contributed by atoms with Gasteiger partial charge >= 0.3 is 12.1 Å². The third kappa shape index (κ3) is 4.84. The van der Waals surface area contributed by atoms with Crippen LogP contribution in [0, 0.1) is 0 Å². The lowest BCUT2D eigenvalue weighted by atomic mass is 10.1. The van der Waals surface area contributed by atoms with E-state index < -0.39 is 17.1 Å². The molecule has 11 nitrogen and oxygen atoms in total. The molecule has 2 fully saturated rings. The van der Waals surface area contributed by atoms with E-state index in [-0.39, 0.29) is 24.3 Å². The lowest BCUT2D eigenvalue weighted by Gasteiger charge is -2.38. The molecule has 1 saturated heterocycles. The van der Waals surface area contributed by atoms with Gasteiger partial charge in [0, 0.05) is 13.6 Å². The highest BCUT2D eigenvalue weighted by atomic mass is 16.6. The van der Waals surface area contributed by atoms with Crippen molar-refractivity contribution in [3.05, 3.63) is 35.1 Å². The fraction of sp³-hybridized carbons (Fsp3) is 0.609. The second-order valence-corrected chi connectivity index (χ2v) is 9.81. The number of aromatic nitrogens is 2. The molecule has 3 heterocycles. The van der Waals surface area contributed by atoms with Crippen molar-refractivity contribution >= 4 is 18.0 Å². The minimum atomic E-state index is -0.639. The van der Waals surface area contributed by atoms with Crippen LogP contribution in [-0.2, 0) is 19.8 Å². The van der Waals surface area contributed by atoms with Crippen molar-refractivity contribution in [2.45, 2.75) is 51.7 Å². The Balaban J connectivity index is 1.52. The number of piperazine rings is 1. The Morgan fingerprint density at radius 2 is 1.88 bits per heavy atom. The molecule has 3 aliphatic rings. The zero-order chi connectivity index (χ0) is 24.7. The minimum absolute atomic E-state index is 0.168. The van der Waals surface area contributed by atoms with Gasteiger partial charge in [-0.1, -0.05) is 0 Å². The molecule has 11 heteroatoms. The van der Waals surface area contributed by atoms with Gasteiger partial charge in [0.15, 0.2) is 5.69 Å². The summed E-state index contributed by atoms with van der Waals surface area (Å²) in [7, 11) is 1.92. The first-order valence-corrected chi connectivity index (χ1v) is 11.5. The van der Waals surface area contributed by atoms with Crippen LogP contribution in [0.3, 0.4) is 0 Å². The molecule has 1 aromatic heterocycles. The predicted octanol–water partition coefficient (Wildman–Crippen LogP) is 1.43. The predicted molar refractivity (Wildman–Crippen MR) is 121 cm³/mol. The minimum Gasteiger partial charge on any atom is -0.461 e. The molecule has 34 heavy (non-hydrogen) atoms. The fourth-order valence-electron chi connectivity index (χ4n) is 4.21. The summed E-state index contributed by atoms with van der Waals surface area (Å²) in [4.78, 5) is 48.1. The topological polar surface area (TPSA) is 117 Å². The lowest BCUT2D eigenvalue weighted by molar-refractivity contribution is -0.118. The first kappa shape index (κ1) is 23.9. The van der Waals surface area contributed by atoms with Crippen LogP contribution in [0.5, 0.6) is 0 Å². The number of nitrogens with zero attached hydrogens (tertiary/aromatic N) is 5. The first-order valence-electron chi connectivity index (χ1n) is 11.5. The van der Waals surface area contributed by atoms with Gasteiger partial charge in [-0.25, -0.2) is 24.6 Å². The zero-order valence-electron chi connectivity index (χ0n) is 20.4. The number of nitrogens with one attached hydrogen (secondary N) is 1. The monoisotopic (exact) mass is 472 g/mol. The maximum atomic E-state index is 13.4. The smallest absolute Gasteiger partial charge is 0.410 e. The van der Waals surface area contributed by atoms with Gasteiger partial charge in [-0.15, -0.1) is 0 Å². The number of esters is 1. The lowest BCUT2D eigenvalue weighted by Crippen LogP contribution is -2.50. The van der Waals surface area contributed by atoms with Crippen molar-refractivity contribution in [1.82, 2.24) is 30.2 Å². The maximum absolute atomic E-state index is 13.4. The molecule has 0 spiro atoms. The summed E-state index contributed by atoms with van der Waals surface area (Å²) in [6.07, 6.45) is 2.36. The van der Waals surface area contributed by atoms with E-state index in [1.165, 1.54) is 6.33 Å². The molecule has 1 saturated carbocycles. The number of hydrogen-bond acceptors (Lipinski definition) is 9. The highest BCUT2D eigenvalue weighted by Crippen LogP contribution is 2.45. The molecule has 2 amide bonds. The molecule has 0 aromatic carbocycles. The van der Waals surface area contributed by atoms with E-state index in [2.05, 4.69) is 15.3 Å². The van der Waals surface area contributed by atoms with Gasteiger partial charge in [-0.2, -0.15) is 0 Å². The van der Waals surface area contributed by atoms with E-state index in [9.17, 15) is 14.4 Å². The van der Waals surface area contributed by atoms with Gasteiger partial charge in [0.25, 0.3) is 5.91 Å². The highest BCUT2D eigenvalue weighted by molar-refractivity contribution is 5.96. The Labute approximate surface area is 199 Å². The molecule has 0 unspecified atom stereocenters. The van der Waals surface area contributed by atoms with Crippen LogP contribution < -0.4 is 5.32 Å². The molecule has 184 valence electrons. The van der Waals surface area contributed by atoms with Crippen LogP contribution in [0.4, 0.5) is 4.79 Å². The first-order chi connectivity index (χ1) is 16.0. The van der Waals surface area contributed by atoms with Gasteiger partial charge in [0.05, 0.1) is 48.7 Å². The van der Waals surface area contributed by atoms with E-state index in [1.54, 1.807) is 17.9 Å². The Bertz CT molecular complexity index is 1030. The number of carbonyl (C=O) groups is 3. The van der Waals surface area contributed by atoms with Crippen molar-refractivity contribution in [3.8, 4) is 0 Å². The number of ether oxygens (including phenoxy) is 2. The van der Waals surface area contributed by atoms with E-state index >= 15 is 0 Å². The third-order valence-corrected chi connectivity index (χ3v) is 6.05. The van der Waals surface area contributed by atoms with E-state index in [0.29, 0.717) is 50.3 Å². The summed E-state index contributed by atoms with van der Waals surface area (Å²) in [6.45, 7) is 9.32. The summed E-state index contributed by atoms with van der Waals surface area (Å²) in [6, 6.07) is 1.58. The summed E-state index contributed by atoms with van der Waals surface area (Å²) >= 11 is 0. The largest absolute Gasteiger partial charge is 0.461 e. The molecule has 1 aromatic rings. The molecular formula is C23H32N6O5. The van der Waals surface area contributed by atoms with Gasteiger partial charge in [-0.3, -0.25) is 4.79 Å². The second-order valence-electron chi connectivity index (χ2n) is 9.81. The zero-order valence-corrected chi connectivity index (χ0v) is 20.4. The van der Waals surface area contributed by atoms with Crippen LogP contribution in [0.1, 0.15) is 56.7 Å². The quantitative estimate of drug-likeness (QED) is 0.635. The van der Waals surface area contributed by atoms with Gasteiger partial charge in [0.1, 0.15) is 11.9 Å². The van der Waals surface area contributed by atoms with Crippen LogP contribution in [0.15, 0.2) is 23.7 Å². The molecular weight excluding hydrogens is 440 g/mol. The number of hydrazine groups is 1. The average Bonchev–Trinajstić information content (AvgIpc) is 3.48. The molecule has 4 rings (SSSR count). The normalized spacial score (nSPS) is 19.6. The number of amides is 2. The molecule has 1 N–H and O–H groups in total. The van der Waals surface area contributed by atoms with E-state index in [4.69, 9.17) is 9.47 Å². The Kier molecular flexibility index (Phi) is 6.24. The number of carbonyl (C=O) groups excluding carboxylic acids is 3. The number of rotatable bonds is 5. The fourth-order valence-corrected chi connectivity index (χ4v) is 4.21. The number of hydrogen-bond donors (Lipinski definition) is 1. The van der Waals surface area contributed by atoms with Crippen molar-refractivity contribution in [2.24, 2.45) is 0 Å². The summed E-state index contributed by atoms with van der Waals surface area (Å²) in [5.74, 6) is -0.722. The van der Waals surface area contributed by atoms with Crippen LogP contribution in [-0.4, -0.2) is 88.3 Å². The average molecular weight is 473 g/mol. The van der Waals surface area contributed by atoms with E-state index in [1.807, 2.05) is 37.8 Å². The summed E-state index contributed by atoms with van der Waals surface area (Å²) < 4.78 is 10.6. The van der Waals surface area contributed by atoms with E-state index in [0.717, 1.165) is 5.70 Å². The van der Waals surface area contributed by atoms with Crippen LogP contribution >= 0.6 is 0 Å². The van der Waals surface area contributed by atoms with Crippen molar-refractivity contribution in [1.29, 1.82) is 0 Å². The Morgan fingerprint density at radius 1 is 1.15 bits per heavy atom. The standard InChI is InChI=1S/C23H32N6O5/c1-6-33-20(31)16-11-18(25-14-24-16)23(7-8-23)26-19(30)15-12-27(5)29-10-9-28(13-17(15)29)21(32)34-22(2,3)4/h11,14H,6-10,12-13H2,1-5H3,(H,26,30). The van der Waals surface area contributed by atoms with Crippen LogP contribution in [0.25, 0.3) is 0 Å². The molecule has 0 bridgehead atoms.